The van der Waals surface area contributed by atoms with Gasteiger partial charge in [-0.1, -0.05) is 38.1 Å². The molecule has 1 saturated heterocycles. The molecule has 2 atom stereocenters. The number of rotatable bonds is 6. The number of aliphatic hydroxyl groups excluding tert-OH is 1. The second-order valence-electron chi connectivity index (χ2n) is 6.18. The molecule has 1 N–H and O–H groups in total. The van der Waals surface area contributed by atoms with E-state index in [1.807, 2.05) is 0 Å². The summed E-state index contributed by atoms with van der Waals surface area (Å²) in [4.78, 5) is 5.00. The molecule has 0 aromatic heterocycles. The third-order valence-corrected chi connectivity index (χ3v) is 4.65. The second kappa shape index (κ2) is 7.92. The van der Waals surface area contributed by atoms with Gasteiger partial charge in [-0.2, -0.15) is 0 Å². The van der Waals surface area contributed by atoms with Crippen molar-refractivity contribution in [3.05, 3.63) is 35.4 Å². The normalized spacial score (nSPS) is 22.4. The van der Waals surface area contributed by atoms with Crippen molar-refractivity contribution in [2.75, 3.05) is 32.8 Å². The topological polar surface area (TPSA) is 26.7 Å². The molecule has 1 heterocycles. The number of piperazine rings is 1. The van der Waals surface area contributed by atoms with Gasteiger partial charge in [-0.3, -0.25) is 4.90 Å². The molecule has 1 aromatic carbocycles. The van der Waals surface area contributed by atoms with Gasteiger partial charge in [0.1, 0.15) is 0 Å². The Kier molecular flexibility index (Phi) is 6.22. The summed E-state index contributed by atoms with van der Waals surface area (Å²) in [7, 11) is 0. The lowest BCUT2D eigenvalue weighted by molar-refractivity contribution is 0.0253. The van der Waals surface area contributed by atoms with Crippen LogP contribution in [-0.2, 0) is 6.42 Å². The Labute approximate surface area is 129 Å². The molecule has 3 heteroatoms. The number of aryl methyl sites for hydroxylation is 1. The minimum absolute atomic E-state index is 0.134. The van der Waals surface area contributed by atoms with Crippen LogP contribution >= 0.6 is 0 Å². The van der Waals surface area contributed by atoms with Gasteiger partial charge >= 0.3 is 0 Å². The SMILES string of the molecule is CCCN1CCN(C(CO)c2ccc(CC)cc2)C(C)C1. The summed E-state index contributed by atoms with van der Waals surface area (Å²) in [6, 6.07) is 9.38. The Morgan fingerprint density at radius 2 is 1.90 bits per heavy atom. The van der Waals surface area contributed by atoms with E-state index in [9.17, 15) is 5.11 Å². The molecule has 1 fully saturated rings. The van der Waals surface area contributed by atoms with E-state index >= 15 is 0 Å². The summed E-state index contributed by atoms with van der Waals surface area (Å²) in [6.07, 6.45) is 2.28. The molecule has 3 nitrogen and oxygen atoms in total. The van der Waals surface area contributed by atoms with Crippen LogP contribution in [0.25, 0.3) is 0 Å². The third kappa shape index (κ3) is 4.06. The number of benzene rings is 1. The van der Waals surface area contributed by atoms with Crippen LogP contribution in [0.4, 0.5) is 0 Å². The maximum Gasteiger partial charge on any atom is 0.0628 e. The molecule has 0 bridgehead atoms. The molecule has 0 spiro atoms. The summed E-state index contributed by atoms with van der Waals surface area (Å²) in [5.74, 6) is 0. The van der Waals surface area contributed by atoms with Crippen LogP contribution in [0, 0.1) is 0 Å². The van der Waals surface area contributed by atoms with Crippen LogP contribution < -0.4 is 0 Å². The molecule has 1 aromatic rings. The van der Waals surface area contributed by atoms with E-state index in [0.29, 0.717) is 6.04 Å². The second-order valence-corrected chi connectivity index (χ2v) is 6.18. The Balaban J connectivity index is 2.06. The van der Waals surface area contributed by atoms with Gasteiger partial charge in [0.25, 0.3) is 0 Å². The summed E-state index contributed by atoms with van der Waals surface area (Å²) >= 11 is 0. The fraction of sp³-hybridized carbons (Fsp3) is 0.667. The predicted octanol–water partition coefficient (Wildman–Crippen LogP) is 2.70. The maximum atomic E-state index is 9.89. The Hall–Kier alpha value is -0.900. The zero-order valence-electron chi connectivity index (χ0n) is 13.8. The number of hydrogen-bond acceptors (Lipinski definition) is 3. The van der Waals surface area contributed by atoms with Crippen molar-refractivity contribution < 1.29 is 5.11 Å². The summed E-state index contributed by atoms with van der Waals surface area (Å²) in [5, 5.41) is 9.89. The largest absolute Gasteiger partial charge is 0.394 e. The van der Waals surface area contributed by atoms with Crippen molar-refractivity contribution in [3.63, 3.8) is 0 Å². The summed E-state index contributed by atoms with van der Waals surface area (Å²) in [6.45, 7) is 11.3. The average Bonchev–Trinajstić information content (AvgIpc) is 2.51. The van der Waals surface area contributed by atoms with Crippen molar-refractivity contribution in [2.24, 2.45) is 0 Å². The first-order valence-corrected chi connectivity index (χ1v) is 8.37. The Morgan fingerprint density at radius 3 is 2.43 bits per heavy atom. The first-order chi connectivity index (χ1) is 10.2. The van der Waals surface area contributed by atoms with Gasteiger partial charge in [-0.05, 0) is 37.4 Å². The molecule has 0 aliphatic carbocycles. The highest BCUT2D eigenvalue weighted by atomic mass is 16.3. The smallest absolute Gasteiger partial charge is 0.0628 e. The standard InChI is InChI=1S/C18H30N2O/c1-4-10-19-11-12-20(15(3)13-19)18(14-21)17-8-6-16(5-2)7-9-17/h6-9,15,18,21H,4-5,10-14H2,1-3H3. The van der Waals surface area contributed by atoms with Gasteiger partial charge in [-0.25, -0.2) is 0 Å². The molecule has 2 unspecified atom stereocenters. The summed E-state index contributed by atoms with van der Waals surface area (Å²) < 4.78 is 0. The molecule has 0 amide bonds. The molecular weight excluding hydrogens is 260 g/mol. The van der Waals surface area contributed by atoms with Gasteiger partial charge in [0, 0.05) is 25.7 Å². The van der Waals surface area contributed by atoms with E-state index in [2.05, 4.69) is 54.8 Å². The number of aliphatic hydroxyl groups is 1. The Morgan fingerprint density at radius 1 is 1.19 bits per heavy atom. The molecule has 0 saturated carbocycles. The minimum Gasteiger partial charge on any atom is -0.394 e. The van der Waals surface area contributed by atoms with Crippen molar-refractivity contribution >= 4 is 0 Å². The van der Waals surface area contributed by atoms with Crippen LogP contribution in [0.1, 0.15) is 44.4 Å². The lowest BCUT2D eigenvalue weighted by atomic mass is 10.0. The van der Waals surface area contributed by atoms with Gasteiger partial charge < -0.3 is 10.0 Å². The van der Waals surface area contributed by atoms with Gasteiger partial charge in [-0.15, -0.1) is 0 Å². The highest BCUT2D eigenvalue weighted by Gasteiger charge is 2.29. The van der Waals surface area contributed by atoms with E-state index in [-0.39, 0.29) is 12.6 Å². The fourth-order valence-corrected chi connectivity index (χ4v) is 3.41. The average molecular weight is 290 g/mol. The van der Waals surface area contributed by atoms with Crippen molar-refractivity contribution in [1.29, 1.82) is 0 Å². The van der Waals surface area contributed by atoms with E-state index in [1.165, 1.54) is 24.1 Å². The van der Waals surface area contributed by atoms with Crippen LogP contribution in [-0.4, -0.2) is 53.7 Å². The monoisotopic (exact) mass is 290 g/mol. The highest BCUT2D eigenvalue weighted by Crippen LogP contribution is 2.25. The molecule has 1 aliphatic heterocycles. The Bertz CT molecular complexity index is 418. The molecular formula is C18H30N2O. The van der Waals surface area contributed by atoms with E-state index in [1.54, 1.807) is 0 Å². The van der Waals surface area contributed by atoms with E-state index < -0.39 is 0 Å². The molecule has 2 rings (SSSR count). The lowest BCUT2D eigenvalue weighted by Crippen LogP contribution is -2.53. The first-order valence-electron chi connectivity index (χ1n) is 8.37. The molecule has 0 radical (unpaired) electrons. The fourth-order valence-electron chi connectivity index (χ4n) is 3.41. The van der Waals surface area contributed by atoms with Crippen LogP contribution in [0.15, 0.2) is 24.3 Å². The van der Waals surface area contributed by atoms with Crippen molar-refractivity contribution in [3.8, 4) is 0 Å². The summed E-state index contributed by atoms with van der Waals surface area (Å²) in [5.41, 5.74) is 2.60. The first kappa shape index (κ1) is 16.5. The van der Waals surface area contributed by atoms with Crippen molar-refractivity contribution in [1.82, 2.24) is 9.80 Å². The van der Waals surface area contributed by atoms with E-state index in [4.69, 9.17) is 0 Å². The van der Waals surface area contributed by atoms with Crippen molar-refractivity contribution in [2.45, 2.75) is 45.7 Å². The zero-order valence-corrected chi connectivity index (χ0v) is 13.8. The van der Waals surface area contributed by atoms with E-state index in [0.717, 1.165) is 26.1 Å². The molecule has 1 aliphatic rings. The van der Waals surface area contributed by atoms with Crippen LogP contribution in [0.5, 0.6) is 0 Å². The maximum absolute atomic E-state index is 9.89. The van der Waals surface area contributed by atoms with Crippen LogP contribution in [0.2, 0.25) is 0 Å². The zero-order chi connectivity index (χ0) is 15.2. The lowest BCUT2D eigenvalue weighted by Gasteiger charge is -2.43. The van der Waals surface area contributed by atoms with Gasteiger partial charge in [0.15, 0.2) is 0 Å². The number of nitrogens with zero attached hydrogens (tertiary/aromatic N) is 2. The third-order valence-electron chi connectivity index (χ3n) is 4.65. The molecule has 21 heavy (non-hydrogen) atoms. The van der Waals surface area contributed by atoms with Crippen LogP contribution in [0.3, 0.4) is 0 Å². The minimum atomic E-state index is 0.134. The van der Waals surface area contributed by atoms with Gasteiger partial charge in [0.05, 0.1) is 12.6 Å². The predicted molar refractivity (Wildman–Crippen MR) is 88.5 cm³/mol. The quantitative estimate of drug-likeness (QED) is 0.872. The number of hydrogen-bond donors (Lipinski definition) is 1. The highest BCUT2D eigenvalue weighted by molar-refractivity contribution is 5.25. The molecule has 118 valence electrons. The van der Waals surface area contributed by atoms with Gasteiger partial charge in [0.2, 0.25) is 0 Å².